The molecular formula is C22H33O7PS. The molecule has 0 N–H and O–H groups in total. The van der Waals surface area contributed by atoms with Crippen LogP contribution in [0.25, 0.3) is 0 Å². The second-order valence-corrected chi connectivity index (χ2v) is 10.4. The number of benzene rings is 1. The van der Waals surface area contributed by atoms with Crippen molar-refractivity contribution in [3.05, 3.63) is 23.8 Å². The lowest BCUT2D eigenvalue weighted by molar-refractivity contribution is -0.149. The maximum Gasteiger partial charge on any atom is 0.310 e. The van der Waals surface area contributed by atoms with Crippen molar-refractivity contribution >= 4 is 24.5 Å². The van der Waals surface area contributed by atoms with Gasteiger partial charge in [-0.1, -0.05) is 38.2 Å². The summed E-state index contributed by atoms with van der Waals surface area (Å²) in [7, 11) is -4.50. The van der Waals surface area contributed by atoms with Crippen LogP contribution in [0.5, 0.6) is 5.75 Å². The van der Waals surface area contributed by atoms with Gasteiger partial charge in [0.1, 0.15) is 10.6 Å². The highest BCUT2D eigenvalue weighted by Crippen LogP contribution is 2.34. The van der Waals surface area contributed by atoms with Crippen LogP contribution in [0.1, 0.15) is 57.9 Å². The van der Waals surface area contributed by atoms with Gasteiger partial charge in [0, 0.05) is 0 Å². The van der Waals surface area contributed by atoms with Crippen molar-refractivity contribution in [3.63, 3.8) is 0 Å². The Morgan fingerprint density at radius 2 is 1.87 bits per heavy atom. The molecule has 2 unspecified atom stereocenters. The molecule has 2 rings (SSSR count). The lowest BCUT2D eigenvalue weighted by Gasteiger charge is -2.27. The summed E-state index contributed by atoms with van der Waals surface area (Å²) in [4.78, 5) is 12.5. The minimum atomic E-state index is -4.16. The van der Waals surface area contributed by atoms with Gasteiger partial charge >= 0.3 is 16.1 Å². The third kappa shape index (κ3) is 7.55. The SMILES string of the molecule is CCOC(=O)C(CC1CCCCC1)C(COS(=O)(=O)c1ccc(C)cc1OCC)P=O. The van der Waals surface area contributed by atoms with E-state index in [-0.39, 0.29) is 32.3 Å². The third-order valence-electron chi connectivity index (χ3n) is 5.56. The fourth-order valence-electron chi connectivity index (χ4n) is 3.97. The molecule has 0 aliphatic heterocycles. The molecule has 0 aromatic heterocycles. The topological polar surface area (TPSA) is 96.0 Å². The molecule has 0 amide bonds. The molecule has 1 aliphatic carbocycles. The summed E-state index contributed by atoms with van der Waals surface area (Å²) in [5, 5.41) is 0. The Bertz CT molecular complexity index is 834. The Balaban J connectivity index is 2.17. The van der Waals surface area contributed by atoms with Crippen molar-refractivity contribution in [2.75, 3.05) is 19.8 Å². The van der Waals surface area contributed by atoms with Crippen LogP contribution < -0.4 is 4.74 Å². The van der Waals surface area contributed by atoms with E-state index in [0.717, 1.165) is 31.2 Å². The predicted molar refractivity (Wildman–Crippen MR) is 118 cm³/mol. The van der Waals surface area contributed by atoms with Gasteiger partial charge in [-0.05, 0) is 50.8 Å². The molecule has 1 fully saturated rings. The van der Waals surface area contributed by atoms with E-state index in [0.29, 0.717) is 18.9 Å². The highest BCUT2D eigenvalue weighted by Gasteiger charge is 2.35. The van der Waals surface area contributed by atoms with Crippen molar-refractivity contribution < 1.29 is 31.4 Å². The average molecular weight is 473 g/mol. The molecule has 2 atom stereocenters. The molecule has 1 saturated carbocycles. The van der Waals surface area contributed by atoms with Crippen LogP contribution in [-0.2, 0) is 28.4 Å². The van der Waals surface area contributed by atoms with E-state index >= 15 is 0 Å². The minimum Gasteiger partial charge on any atom is -0.492 e. The Morgan fingerprint density at radius 1 is 1.16 bits per heavy atom. The predicted octanol–water partition coefficient (Wildman–Crippen LogP) is 4.91. The first-order valence-electron chi connectivity index (χ1n) is 10.9. The standard InChI is InChI=1S/C22H33O7PS/c1-4-27-19-13-16(3)11-12-21(19)31(25,26)29-15-20(30-24)18(22(23)28-5-2)14-17-9-7-6-8-10-17/h11-13,17-18,20H,4-10,14-15H2,1-3H3. The zero-order valence-corrected chi connectivity index (χ0v) is 20.3. The van der Waals surface area contributed by atoms with E-state index in [4.69, 9.17) is 13.7 Å². The van der Waals surface area contributed by atoms with Gasteiger partial charge in [-0.3, -0.25) is 13.5 Å². The van der Waals surface area contributed by atoms with Gasteiger partial charge in [0.05, 0.1) is 31.4 Å². The van der Waals surface area contributed by atoms with Crippen LogP contribution in [0.3, 0.4) is 0 Å². The van der Waals surface area contributed by atoms with E-state index in [1.807, 2.05) is 6.92 Å². The van der Waals surface area contributed by atoms with E-state index in [1.165, 1.54) is 12.5 Å². The smallest absolute Gasteiger partial charge is 0.310 e. The first-order valence-corrected chi connectivity index (χ1v) is 13.2. The molecule has 9 heteroatoms. The Kier molecular flexibility index (Phi) is 10.4. The number of ether oxygens (including phenoxy) is 2. The van der Waals surface area contributed by atoms with Crippen molar-refractivity contribution in [3.8, 4) is 5.75 Å². The van der Waals surface area contributed by atoms with Gasteiger partial charge in [0.2, 0.25) is 0 Å². The van der Waals surface area contributed by atoms with Crippen LogP contribution in [0.2, 0.25) is 0 Å². The average Bonchev–Trinajstić information content (AvgIpc) is 2.74. The molecule has 1 aromatic rings. The molecule has 1 aromatic carbocycles. The summed E-state index contributed by atoms with van der Waals surface area (Å²) >= 11 is 0. The fourth-order valence-corrected chi connectivity index (χ4v) is 5.65. The number of esters is 1. The van der Waals surface area contributed by atoms with Crippen LogP contribution in [-0.4, -0.2) is 39.9 Å². The molecule has 1 aliphatic rings. The van der Waals surface area contributed by atoms with Gasteiger partial charge < -0.3 is 9.47 Å². The second kappa shape index (κ2) is 12.5. The summed E-state index contributed by atoms with van der Waals surface area (Å²) < 4.78 is 53.6. The van der Waals surface area contributed by atoms with Crippen LogP contribution >= 0.6 is 8.46 Å². The minimum absolute atomic E-state index is 0.0822. The number of rotatable bonds is 12. The van der Waals surface area contributed by atoms with Crippen molar-refractivity contribution in [1.82, 2.24) is 0 Å². The Morgan fingerprint density at radius 3 is 2.48 bits per heavy atom. The Labute approximate surface area is 187 Å². The molecule has 0 bridgehead atoms. The monoisotopic (exact) mass is 472 g/mol. The number of carbonyl (C=O) groups is 1. The fraction of sp³-hybridized carbons (Fsp3) is 0.682. The van der Waals surface area contributed by atoms with Gasteiger partial charge in [-0.2, -0.15) is 8.42 Å². The number of hydrogen-bond acceptors (Lipinski definition) is 7. The van der Waals surface area contributed by atoms with Crippen molar-refractivity contribution in [2.24, 2.45) is 11.8 Å². The number of hydrogen-bond donors (Lipinski definition) is 0. The largest absolute Gasteiger partial charge is 0.492 e. The van der Waals surface area contributed by atoms with Gasteiger partial charge in [0.15, 0.2) is 8.46 Å². The highest BCUT2D eigenvalue weighted by molar-refractivity contribution is 7.86. The van der Waals surface area contributed by atoms with Crippen LogP contribution in [0, 0.1) is 18.8 Å². The quantitative estimate of drug-likeness (QED) is 0.242. The molecule has 174 valence electrons. The highest BCUT2D eigenvalue weighted by atomic mass is 32.2. The second-order valence-electron chi connectivity index (χ2n) is 7.89. The van der Waals surface area contributed by atoms with Crippen LogP contribution in [0.15, 0.2) is 23.1 Å². The van der Waals surface area contributed by atoms with Crippen molar-refractivity contribution in [1.29, 1.82) is 0 Å². The normalized spacial score (nSPS) is 17.3. The number of carbonyl (C=O) groups excluding carboxylic acids is 1. The summed E-state index contributed by atoms with van der Waals surface area (Å²) in [6.45, 7) is 5.46. The molecule has 7 nitrogen and oxygen atoms in total. The molecule has 0 saturated heterocycles. The molecule has 0 heterocycles. The first kappa shape index (κ1) is 25.8. The summed E-state index contributed by atoms with van der Waals surface area (Å²) in [6.07, 6.45) is 5.95. The van der Waals surface area contributed by atoms with E-state index in [9.17, 15) is 17.8 Å². The summed E-state index contributed by atoms with van der Waals surface area (Å²) in [6, 6.07) is 4.73. The van der Waals surface area contributed by atoms with Crippen molar-refractivity contribution in [2.45, 2.75) is 69.9 Å². The molecule has 31 heavy (non-hydrogen) atoms. The third-order valence-corrected chi connectivity index (χ3v) is 7.67. The maximum atomic E-state index is 12.8. The molecule has 0 radical (unpaired) electrons. The molecule has 0 spiro atoms. The Hall–Kier alpha value is -1.50. The maximum absolute atomic E-state index is 12.8. The van der Waals surface area contributed by atoms with Gasteiger partial charge in [-0.25, -0.2) is 0 Å². The molecular weight excluding hydrogens is 439 g/mol. The van der Waals surface area contributed by atoms with Gasteiger partial charge in [0.25, 0.3) is 0 Å². The zero-order chi connectivity index (χ0) is 22.9. The van der Waals surface area contributed by atoms with Gasteiger partial charge in [-0.15, -0.1) is 0 Å². The summed E-state index contributed by atoms with van der Waals surface area (Å²) in [5.41, 5.74) is 0.0463. The van der Waals surface area contributed by atoms with E-state index < -0.39 is 27.7 Å². The van der Waals surface area contributed by atoms with E-state index in [1.54, 1.807) is 26.0 Å². The van der Waals surface area contributed by atoms with E-state index in [2.05, 4.69) is 0 Å². The number of aryl methyl sites for hydroxylation is 1. The van der Waals surface area contributed by atoms with Crippen LogP contribution in [0.4, 0.5) is 0 Å². The lowest BCUT2D eigenvalue weighted by Crippen LogP contribution is -2.33. The summed E-state index contributed by atoms with van der Waals surface area (Å²) in [5.74, 6) is -0.580. The zero-order valence-electron chi connectivity index (χ0n) is 18.5. The first-order chi connectivity index (χ1) is 14.8. The lowest BCUT2D eigenvalue weighted by atomic mass is 9.82.